The van der Waals surface area contributed by atoms with Crippen LogP contribution in [0.2, 0.25) is 0 Å². The average Bonchev–Trinajstić information content (AvgIpc) is 2.92. The van der Waals surface area contributed by atoms with E-state index in [1.54, 1.807) is 7.11 Å². The number of methoxy groups -OCH3 is 1. The minimum Gasteiger partial charge on any atom is -0.382 e. The minimum atomic E-state index is 0. The molecule has 0 spiro atoms. The van der Waals surface area contributed by atoms with E-state index < -0.39 is 0 Å². The van der Waals surface area contributed by atoms with Crippen molar-refractivity contribution in [3.8, 4) is 0 Å². The van der Waals surface area contributed by atoms with Gasteiger partial charge in [-0.1, -0.05) is 0 Å². The Balaban J connectivity index is 0.00000400. The van der Waals surface area contributed by atoms with Crippen molar-refractivity contribution >= 4 is 29.9 Å². The van der Waals surface area contributed by atoms with Crippen LogP contribution >= 0.6 is 24.0 Å². The first-order chi connectivity index (χ1) is 9.81. The lowest BCUT2D eigenvalue weighted by molar-refractivity contribution is 0.0536. The first kappa shape index (κ1) is 20.9. The van der Waals surface area contributed by atoms with Crippen LogP contribution in [-0.4, -0.2) is 77.7 Å². The molecular weight excluding hydrogens is 385 g/mol. The van der Waals surface area contributed by atoms with Gasteiger partial charge >= 0.3 is 0 Å². The van der Waals surface area contributed by atoms with E-state index in [-0.39, 0.29) is 24.0 Å². The fraction of sp³-hybridized carbons (Fsp3) is 0.929. The molecule has 7 heteroatoms. The second kappa shape index (κ2) is 13.5. The smallest absolute Gasteiger partial charge is 0.193 e. The molecule has 0 aliphatic carbocycles. The highest BCUT2D eigenvalue weighted by atomic mass is 127. The van der Waals surface area contributed by atoms with E-state index in [0.29, 0.717) is 25.7 Å². The van der Waals surface area contributed by atoms with Crippen molar-refractivity contribution in [3.05, 3.63) is 0 Å². The predicted molar refractivity (Wildman–Crippen MR) is 95.6 cm³/mol. The Kier molecular flexibility index (Phi) is 13.5. The number of hydrogen-bond donors (Lipinski definition) is 1. The van der Waals surface area contributed by atoms with E-state index >= 15 is 0 Å². The summed E-state index contributed by atoms with van der Waals surface area (Å²) in [5.74, 6) is 1.54. The molecule has 0 aromatic rings. The van der Waals surface area contributed by atoms with E-state index in [1.165, 1.54) is 0 Å². The van der Waals surface area contributed by atoms with Gasteiger partial charge in [-0.2, -0.15) is 0 Å². The van der Waals surface area contributed by atoms with Crippen molar-refractivity contribution in [2.24, 2.45) is 10.9 Å². The van der Waals surface area contributed by atoms with E-state index in [4.69, 9.17) is 14.2 Å². The van der Waals surface area contributed by atoms with Gasteiger partial charge in [0.1, 0.15) is 0 Å². The molecule has 1 aliphatic heterocycles. The lowest BCUT2D eigenvalue weighted by Gasteiger charge is -2.21. The second-order valence-electron chi connectivity index (χ2n) is 4.84. The highest BCUT2D eigenvalue weighted by molar-refractivity contribution is 14.0. The molecule has 0 aromatic heterocycles. The summed E-state index contributed by atoms with van der Waals surface area (Å²) in [6.45, 7) is 8.45. The van der Waals surface area contributed by atoms with Crippen molar-refractivity contribution in [1.82, 2.24) is 10.2 Å². The normalized spacial score (nSPS) is 18.7. The maximum atomic E-state index is 5.60. The van der Waals surface area contributed by atoms with Gasteiger partial charge in [0.05, 0.1) is 26.4 Å². The van der Waals surface area contributed by atoms with Crippen LogP contribution in [0.3, 0.4) is 0 Å². The lowest BCUT2D eigenvalue weighted by Crippen LogP contribution is -2.41. The Morgan fingerprint density at radius 2 is 2.10 bits per heavy atom. The monoisotopic (exact) mass is 415 g/mol. The predicted octanol–water partition coefficient (Wildman–Crippen LogP) is 1.20. The van der Waals surface area contributed by atoms with Gasteiger partial charge in [0, 0.05) is 46.3 Å². The topological polar surface area (TPSA) is 55.3 Å². The summed E-state index contributed by atoms with van der Waals surface area (Å²) in [5, 5.41) is 3.33. The zero-order chi connectivity index (χ0) is 14.6. The Hall–Kier alpha value is -0.120. The third-order valence-corrected chi connectivity index (χ3v) is 3.32. The summed E-state index contributed by atoms with van der Waals surface area (Å²) in [7, 11) is 3.52. The molecular formula is C14H30IN3O3. The number of likely N-dealkylation sites (tertiary alicyclic amines) is 1. The number of nitrogens with one attached hydrogen (secondary N) is 1. The highest BCUT2D eigenvalue weighted by Crippen LogP contribution is 2.16. The first-order valence-electron chi connectivity index (χ1n) is 7.41. The van der Waals surface area contributed by atoms with Gasteiger partial charge in [-0.3, -0.25) is 4.99 Å². The largest absolute Gasteiger partial charge is 0.382 e. The number of hydrogen-bond acceptors (Lipinski definition) is 4. The molecule has 0 radical (unpaired) electrons. The van der Waals surface area contributed by atoms with Crippen LogP contribution in [-0.2, 0) is 14.2 Å². The molecule has 1 saturated heterocycles. The summed E-state index contributed by atoms with van der Waals surface area (Å²) in [4.78, 5) is 6.61. The van der Waals surface area contributed by atoms with Crippen LogP contribution in [0.15, 0.2) is 4.99 Å². The molecule has 1 rings (SSSR count). The van der Waals surface area contributed by atoms with Gasteiger partial charge in [-0.15, -0.1) is 24.0 Å². The molecule has 0 saturated carbocycles. The third-order valence-electron chi connectivity index (χ3n) is 3.32. The van der Waals surface area contributed by atoms with Crippen LogP contribution in [0.1, 0.15) is 13.3 Å². The highest BCUT2D eigenvalue weighted by Gasteiger charge is 2.24. The van der Waals surface area contributed by atoms with Gasteiger partial charge in [0.2, 0.25) is 0 Å². The van der Waals surface area contributed by atoms with Crippen LogP contribution in [0.25, 0.3) is 0 Å². The molecule has 1 unspecified atom stereocenters. The molecule has 0 amide bonds. The molecule has 21 heavy (non-hydrogen) atoms. The van der Waals surface area contributed by atoms with Crippen molar-refractivity contribution < 1.29 is 14.2 Å². The van der Waals surface area contributed by atoms with Crippen LogP contribution < -0.4 is 5.32 Å². The molecule has 0 bridgehead atoms. The SMILES string of the molecule is CCOCCNC(=NC)N1CCC(COCCOC)C1.I. The Morgan fingerprint density at radius 3 is 2.76 bits per heavy atom. The Labute approximate surface area is 145 Å². The standard InChI is InChI=1S/C14H29N3O3.HI/c1-4-19-8-6-16-14(15-2)17-7-5-13(11-17)12-20-10-9-18-3;/h13H,4-12H2,1-3H3,(H,15,16);1H. The van der Waals surface area contributed by atoms with Crippen LogP contribution in [0.5, 0.6) is 0 Å². The second-order valence-corrected chi connectivity index (χ2v) is 4.84. The summed E-state index contributed by atoms with van der Waals surface area (Å²) < 4.78 is 15.9. The molecule has 126 valence electrons. The third kappa shape index (κ3) is 8.80. The van der Waals surface area contributed by atoms with Gasteiger partial charge < -0.3 is 24.4 Å². The number of nitrogens with zero attached hydrogens (tertiary/aromatic N) is 2. The summed E-state index contributed by atoms with van der Waals surface area (Å²) in [6.07, 6.45) is 1.15. The van der Waals surface area contributed by atoms with E-state index in [2.05, 4.69) is 15.2 Å². The Bertz CT molecular complexity index is 280. The number of guanidine groups is 1. The molecule has 6 nitrogen and oxygen atoms in total. The minimum absolute atomic E-state index is 0. The fourth-order valence-corrected chi connectivity index (χ4v) is 2.26. The van der Waals surface area contributed by atoms with Gasteiger partial charge in [0.25, 0.3) is 0 Å². The van der Waals surface area contributed by atoms with Gasteiger partial charge in [-0.05, 0) is 13.3 Å². The zero-order valence-corrected chi connectivity index (χ0v) is 15.8. The fourth-order valence-electron chi connectivity index (χ4n) is 2.26. The summed E-state index contributed by atoms with van der Waals surface area (Å²) in [6, 6.07) is 0. The van der Waals surface area contributed by atoms with E-state index in [0.717, 1.165) is 45.2 Å². The molecule has 1 aliphatic rings. The zero-order valence-electron chi connectivity index (χ0n) is 13.5. The Morgan fingerprint density at radius 1 is 1.29 bits per heavy atom. The van der Waals surface area contributed by atoms with Crippen molar-refractivity contribution in [1.29, 1.82) is 0 Å². The number of aliphatic imine (C=N–C) groups is 1. The maximum absolute atomic E-state index is 5.60. The first-order valence-corrected chi connectivity index (χ1v) is 7.41. The van der Waals surface area contributed by atoms with E-state index in [9.17, 15) is 0 Å². The van der Waals surface area contributed by atoms with Crippen molar-refractivity contribution in [2.45, 2.75) is 13.3 Å². The number of rotatable bonds is 9. The maximum Gasteiger partial charge on any atom is 0.193 e. The molecule has 0 aromatic carbocycles. The van der Waals surface area contributed by atoms with Crippen LogP contribution in [0.4, 0.5) is 0 Å². The number of halogens is 1. The summed E-state index contributed by atoms with van der Waals surface area (Å²) >= 11 is 0. The number of ether oxygens (including phenoxy) is 3. The van der Waals surface area contributed by atoms with Gasteiger partial charge in [0.15, 0.2) is 5.96 Å². The van der Waals surface area contributed by atoms with Crippen molar-refractivity contribution in [2.75, 3.05) is 66.8 Å². The lowest BCUT2D eigenvalue weighted by atomic mass is 10.1. The van der Waals surface area contributed by atoms with Gasteiger partial charge in [-0.25, -0.2) is 0 Å². The molecule has 1 heterocycles. The molecule has 1 fully saturated rings. The van der Waals surface area contributed by atoms with Crippen LogP contribution in [0, 0.1) is 5.92 Å². The average molecular weight is 415 g/mol. The molecule has 1 N–H and O–H groups in total. The van der Waals surface area contributed by atoms with E-state index in [1.807, 2.05) is 14.0 Å². The quantitative estimate of drug-likeness (QED) is 0.266. The van der Waals surface area contributed by atoms with Crippen molar-refractivity contribution in [3.63, 3.8) is 0 Å². The molecule has 1 atom stereocenters. The summed E-state index contributed by atoms with van der Waals surface area (Å²) in [5.41, 5.74) is 0.